The number of aromatic carboxylic acids is 1. The Bertz CT molecular complexity index is 1500. The molecule has 3 aromatic rings. The van der Waals surface area contributed by atoms with Crippen LogP contribution in [0.3, 0.4) is 0 Å². The van der Waals surface area contributed by atoms with Crippen LogP contribution in [-0.2, 0) is 0 Å². The summed E-state index contributed by atoms with van der Waals surface area (Å²) in [5.74, 6) is -1.77. The average Bonchev–Trinajstić information content (AvgIpc) is 2.86. The number of nitrogens with zero attached hydrogens (tertiary/aromatic N) is 4. The van der Waals surface area contributed by atoms with Crippen LogP contribution in [0.4, 0.5) is 10.1 Å². The molecule has 1 aromatic heterocycles. The number of piperazine rings is 1. The number of halogens is 3. The van der Waals surface area contributed by atoms with Crippen molar-refractivity contribution in [3.8, 4) is 5.75 Å². The van der Waals surface area contributed by atoms with Gasteiger partial charge in [0.05, 0.1) is 22.0 Å². The molecular weight excluding hydrogens is 526 g/mol. The summed E-state index contributed by atoms with van der Waals surface area (Å²) in [4.78, 5) is 28.3. The lowest BCUT2D eigenvalue weighted by Crippen LogP contribution is -2.48. The predicted octanol–water partition coefficient (Wildman–Crippen LogP) is 4.10. The Morgan fingerprint density at radius 3 is 2.57 bits per heavy atom. The van der Waals surface area contributed by atoms with Gasteiger partial charge in [0.25, 0.3) is 0 Å². The van der Waals surface area contributed by atoms with Crippen molar-refractivity contribution in [1.82, 2.24) is 9.47 Å². The van der Waals surface area contributed by atoms with E-state index in [1.54, 1.807) is 22.8 Å². The Hall–Kier alpha value is -3.34. The molecule has 12 heteroatoms. The summed E-state index contributed by atoms with van der Waals surface area (Å²) >= 11 is 12.2. The van der Waals surface area contributed by atoms with Gasteiger partial charge in [-0.05, 0) is 31.2 Å². The van der Waals surface area contributed by atoms with Crippen molar-refractivity contribution in [2.45, 2.75) is 13.0 Å². The van der Waals surface area contributed by atoms with Gasteiger partial charge in [-0.3, -0.25) is 9.69 Å². The number of carboxylic acid groups (broad SMARTS) is 1. The first-order valence-corrected chi connectivity index (χ1v) is 12.4. The Morgan fingerprint density at radius 2 is 1.92 bits per heavy atom. The normalized spacial score (nSPS) is 18.2. The van der Waals surface area contributed by atoms with Crippen LogP contribution in [0.1, 0.15) is 28.9 Å². The van der Waals surface area contributed by atoms with E-state index in [-0.39, 0.29) is 29.5 Å². The fourth-order valence-corrected chi connectivity index (χ4v) is 5.41. The molecule has 1 fully saturated rings. The zero-order valence-corrected chi connectivity index (χ0v) is 21.3. The molecular formula is C25H23Cl2FN4O5. The minimum Gasteiger partial charge on any atom is -0.487 e. The second-order valence-corrected chi connectivity index (χ2v) is 9.95. The standard InChI is InChI=1S/C25H23Cl2FN4O5/c1-13-12-37-24-21-16(23(33)17(25(34)35)10-32(13)21)9-19(28)22(24)31-6-4-30(5-7-31)11-20(29-36)15-3-2-14(26)8-18(15)27/h2-3,8-10,13,36H,4-7,11-12H2,1H3,(H,34,35)/b29-20+/t13-/m0/s1. The van der Waals surface area contributed by atoms with Gasteiger partial charge in [0.2, 0.25) is 5.43 Å². The van der Waals surface area contributed by atoms with E-state index in [2.05, 4.69) is 10.1 Å². The van der Waals surface area contributed by atoms with Gasteiger partial charge in [-0.1, -0.05) is 28.4 Å². The van der Waals surface area contributed by atoms with Crippen LogP contribution in [0.25, 0.3) is 10.9 Å². The van der Waals surface area contributed by atoms with Gasteiger partial charge in [0.1, 0.15) is 23.6 Å². The van der Waals surface area contributed by atoms with Crippen molar-refractivity contribution >= 4 is 51.5 Å². The molecule has 0 unspecified atom stereocenters. The van der Waals surface area contributed by atoms with Gasteiger partial charge >= 0.3 is 5.97 Å². The van der Waals surface area contributed by atoms with Gasteiger partial charge in [-0.15, -0.1) is 0 Å². The van der Waals surface area contributed by atoms with Gasteiger partial charge in [-0.2, -0.15) is 0 Å². The Labute approximate surface area is 220 Å². The number of carboxylic acids is 1. The quantitative estimate of drug-likeness (QED) is 0.280. The van der Waals surface area contributed by atoms with Crippen LogP contribution < -0.4 is 15.1 Å². The molecule has 3 heterocycles. The minimum atomic E-state index is -1.36. The molecule has 0 saturated carbocycles. The number of anilines is 1. The lowest BCUT2D eigenvalue weighted by molar-refractivity contribution is 0.0694. The zero-order valence-electron chi connectivity index (χ0n) is 19.7. The third-order valence-corrected chi connectivity index (χ3v) is 7.34. The van der Waals surface area contributed by atoms with Crippen molar-refractivity contribution in [3.05, 3.63) is 67.7 Å². The smallest absolute Gasteiger partial charge is 0.341 e. The molecule has 37 heavy (non-hydrogen) atoms. The second-order valence-electron chi connectivity index (χ2n) is 9.11. The van der Waals surface area contributed by atoms with Crippen molar-refractivity contribution in [1.29, 1.82) is 0 Å². The molecule has 1 saturated heterocycles. The molecule has 0 radical (unpaired) electrons. The molecule has 1 atom stereocenters. The highest BCUT2D eigenvalue weighted by atomic mass is 35.5. The summed E-state index contributed by atoms with van der Waals surface area (Å²) in [6.07, 6.45) is 1.31. The number of pyridine rings is 1. The van der Waals surface area contributed by atoms with E-state index in [0.29, 0.717) is 59.6 Å². The van der Waals surface area contributed by atoms with Crippen molar-refractivity contribution in [3.63, 3.8) is 0 Å². The number of ether oxygens (including phenoxy) is 1. The van der Waals surface area contributed by atoms with E-state index < -0.39 is 22.8 Å². The first-order chi connectivity index (χ1) is 17.7. The van der Waals surface area contributed by atoms with Crippen LogP contribution in [0, 0.1) is 5.82 Å². The van der Waals surface area contributed by atoms with Gasteiger partial charge in [0, 0.05) is 49.5 Å². The molecule has 0 bridgehead atoms. The summed E-state index contributed by atoms with van der Waals surface area (Å²) < 4.78 is 23.1. The summed E-state index contributed by atoms with van der Waals surface area (Å²) in [5, 5.41) is 23.3. The van der Waals surface area contributed by atoms with Crippen LogP contribution in [0.5, 0.6) is 5.75 Å². The molecule has 0 amide bonds. The van der Waals surface area contributed by atoms with E-state index in [4.69, 9.17) is 27.9 Å². The van der Waals surface area contributed by atoms with Gasteiger partial charge in [-0.25, -0.2) is 9.18 Å². The second kappa shape index (κ2) is 9.85. The lowest BCUT2D eigenvalue weighted by Gasteiger charge is -2.38. The Balaban J connectivity index is 1.43. The summed E-state index contributed by atoms with van der Waals surface area (Å²) in [5.41, 5.74) is 0.436. The summed E-state index contributed by atoms with van der Waals surface area (Å²) in [6, 6.07) is 5.81. The fraction of sp³-hybridized carbons (Fsp3) is 0.320. The molecule has 2 N–H and O–H groups in total. The molecule has 2 aliphatic rings. The van der Waals surface area contributed by atoms with E-state index in [9.17, 15) is 19.9 Å². The highest BCUT2D eigenvalue weighted by Gasteiger charge is 2.31. The summed E-state index contributed by atoms with van der Waals surface area (Å²) in [7, 11) is 0. The van der Waals surface area contributed by atoms with Crippen LogP contribution in [0.15, 0.2) is 40.4 Å². The van der Waals surface area contributed by atoms with Crippen LogP contribution in [0.2, 0.25) is 10.0 Å². The molecule has 5 rings (SSSR count). The molecule has 0 aliphatic carbocycles. The number of rotatable bonds is 5. The SMILES string of the molecule is C[C@H]1COc2c(N3CCN(C/C(=N\O)c4ccc(Cl)cc4Cl)CC3)c(F)cc3c(=O)c(C(=O)O)cn1c23. The maximum Gasteiger partial charge on any atom is 0.341 e. The number of carbonyl (C=O) groups is 1. The van der Waals surface area contributed by atoms with E-state index in [1.165, 1.54) is 6.20 Å². The van der Waals surface area contributed by atoms with E-state index in [0.717, 1.165) is 6.07 Å². The zero-order chi connectivity index (χ0) is 26.4. The van der Waals surface area contributed by atoms with Gasteiger partial charge < -0.3 is 24.5 Å². The molecule has 0 spiro atoms. The molecule has 2 aromatic carbocycles. The van der Waals surface area contributed by atoms with Crippen molar-refractivity contribution in [2.75, 3.05) is 44.2 Å². The minimum absolute atomic E-state index is 0.0232. The maximum absolute atomic E-state index is 15.5. The largest absolute Gasteiger partial charge is 0.487 e. The first kappa shape index (κ1) is 25.3. The molecule has 9 nitrogen and oxygen atoms in total. The van der Waals surface area contributed by atoms with Crippen molar-refractivity contribution < 1.29 is 24.2 Å². The maximum atomic E-state index is 15.5. The van der Waals surface area contributed by atoms with Crippen LogP contribution >= 0.6 is 23.2 Å². The van der Waals surface area contributed by atoms with E-state index in [1.807, 2.05) is 11.8 Å². The number of hydrogen-bond donors (Lipinski definition) is 2. The predicted molar refractivity (Wildman–Crippen MR) is 139 cm³/mol. The first-order valence-electron chi connectivity index (χ1n) is 11.6. The average molecular weight is 549 g/mol. The van der Waals surface area contributed by atoms with E-state index >= 15 is 4.39 Å². The monoisotopic (exact) mass is 548 g/mol. The topological polar surface area (TPSA) is 108 Å². The Kier molecular flexibility index (Phi) is 6.74. The number of benzene rings is 2. The molecule has 2 aliphatic heterocycles. The number of oxime groups is 1. The van der Waals surface area contributed by atoms with Gasteiger partial charge in [0.15, 0.2) is 11.6 Å². The summed E-state index contributed by atoms with van der Waals surface area (Å²) in [6.45, 7) is 4.32. The molecule has 194 valence electrons. The Morgan fingerprint density at radius 1 is 1.19 bits per heavy atom. The lowest BCUT2D eigenvalue weighted by atomic mass is 10.1. The van der Waals surface area contributed by atoms with Crippen molar-refractivity contribution in [2.24, 2.45) is 5.16 Å². The third-order valence-electron chi connectivity index (χ3n) is 6.80. The highest BCUT2D eigenvalue weighted by molar-refractivity contribution is 6.37. The van der Waals surface area contributed by atoms with Crippen LogP contribution in [-0.4, -0.2) is 70.8 Å². The fourth-order valence-electron chi connectivity index (χ4n) is 4.89. The number of hydrogen-bond acceptors (Lipinski definition) is 7. The number of aromatic nitrogens is 1. The highest BCUT2D eigenvalue weighted by Crippen LogP contribution is 2.42. The third kappa shape index (κ3) is 4.49.